The summed E-state index contributed by atoms with van der Waals surface area (Å²) >= 11 is 0. The SMILES string of the molecule is C1CC1.Cn1cnc2c(N)nc(N)nc21. The van der Waals surface area contributed by atoms with Crippen LogP contribution in [0.5, 0.6) is 0 Å². The molecule has 4 N–H and O–H groups in total. The van der Waals surface area contributed by atoms with Crippen LogP contribution in [0.3, 0.4) is 0 Å². The normalized spacial score (nSPS) is 13.4. The van der Waals surface area contributed by atoms with Gasteiger partial charge in [-0.1, -0.05) is 19.3 Å². The topological polar surface area (TPSA) is 95.6 Å². The second-order valence-corrected chi connectivity index (χ2v) is 3.56. The average Bonchev–Trinajstić information content (AvgIpc) is 2.99. The van der Waals surface area contributed by atoms with Crippen molar-refractivity contribution in [2.75, 3.05) is 11.5 Å². The molecule has 1 saturated carbocycles. The van der Waals surface area contributed by atoms with Gasteiger partial charge in [-0.05, 0) is 0 Å². The highest BCUT2D eigenvalue weighted by molar-refractivity contribution is 5.82. The second-order valence-electron chi connectivity index (χ2n) is 3.56. The van der Waals surface area contributed by atoms with Crippen LogP contribution in [0.1, 0.15) is 19.3 Å². The van der Waals surface area contributed by atoms with E-state index in [1.165, 1.54) is 19.3 Å². The van der Waals surface area contributed by atoms with Crippen molar-refractivity contribution in [1.82, 2.24) is 19.5 Å². The number of fused-ring (bicyclic) bond motifs is 1. The molecular weight excluding hydrogens is 192 g/mol. The first kappa shape index (κ1) is 9.70. The molecule has 0 atom stereocenters. The lowest BCUT2D eigenvalue weighted by atomic mass is 10.5. The highest BCUT2D eigenvalue weighted by Gasteiger charge is 2.06. The fraction of sp³-hybridized carbons (Fsp3) is 0.444. The molecule has 1 aliphatic rings. The molecule has 2 aromatic heterocycles. The lowest BCUT2D eigenvalue weighted by molar-refractivity contribution is 0.930. The Morgan fingerprint density at radius 1 is 1.20 bits per heavy atom. The number of aryl methyl sites for hydroxylation is 1. The van der Waals surface area contributed by atoms with E-state index >= 15 is 0 Å². The van der Waals surface area contributed by atoms with Crippen LogP contribution in [0.4, 0.5) is 11.8 Å². The van der Waals surface area contributed by atoms with Crippen LogP contribution in [0.25, 0.3) is 11.2 Å². The summed E-state index contributed by atoms with van der Waals surface area (Å²) in [5.41, 5.74) is 12.2. The van der Waals surface area contributed by atoms with Gasteiger partial charge >= 0.3 is 0 Å². The first-order valence-corrected chi connectivity index (χ1v) is 4.88. The summed E-state index contributed by atoms with van der Waals surface area (Å²) in [6.07, 6.45) is 6.12. The molecule has 0 bridgehead atoms. The maximum absolute atomic E-state index is 5.56. The Bertz CT molecular complexity index is 470. The molecule has 0 radical (unpaired) electrons. The van der Waals surface area contributed by atoms with E-state index in [2.05, 4.69) is 15.0 Å². The molecule has 0 amide bonds. The van der Waals surface area contributed by atoms with Crippen molar-refractivity contribution >= 4 is 22.9 Å². The number of nitrogens with two attached hydrogens (primary N) is 2. The number of imidazole rings is 1. The van der Waals surface area contributed by atoms with Crippen LogP contribution >= 0.6 is 0 Å². The van der Waals surface area contributed by atoms with Gasteiger partial charge in [0.05, 0.1) is 6.33 Å². The van der Waals surface area contributed by atoms with Crippen LogP contribution in [0.15, 0.2) is 6.33 Å². The van der Waals surface area contributed by atoms with Gasteiger partial charge in [-0.2, -0.15) is 9.97 Å². The molecule has 3 rings (SSSR count). The largest absolute Gasteiger partial charge is 0.382 e. The summed E-state index contributed by atoms with van der Waals surface area (Å²) in [4.78, 5) is 11.8. The minimum Gasteiger partial charge on any atom is -0.382 e. The first-order valence-electron chi connectivity index (χ1n) is 4.88. The van der Waals surface area contributed by atoms with Crippen LogP contribution in [-0.2, 0) is 7.05 Å². The molecule has 0 saturated heterocycles. The third-order valence-corrected chi connectivity index (χ3v) is 1.96. The fourth-order valence-electron chi connectivity index (χ4n) is 1.05. The second kappa shape index (κ2) is 3.72. The zero-order chi connectivity index (χ0) is 10.8. The Labute approximate surface area is 87.3 Å². The van der Waals surface area contributed by atoms with Crippen molar-refractivity contribution in [3.8, 4) is 0 Å². The molecule has 0 aromatic carbocycles. The van der Waals surface area contributed by atoms with Gasteiger partial charge in [-0.25, -0.2) is 4.98 Å². The van der Waals surface area contributed by atoms with Gasteiger partial charge in [0.15, 0.2) is 11.5 Å². The maximum Gasteiger partial charge on any atom is 0.224 e. The molecule has 0 aliphatic heterocycles. The van der Waals surface area contributed by atoms with E-state index in [4.69, 9.17) is 11.5 Å². The summed E-state index contributed by atoms with van der Waals surface area (Å²) in [5, 5.41) is 0. The van der Waals surface area contributed by atoms with E-state index < -0.39 is 0 Å². The van der Waals surface area contributed by atoms with Crippen LogP contribution in [0, 0.1) is 0 Å². The third kappa shape index (κ3) is 2.15. The Morgan fingerprint density at radius 2 is 1.87 bits per heavy atom. The summed E-state index contributed by atoms with van der Waals surface area (Å²) in [6, 6.07) is 0. The van der Waals surface area contributed by atoms with Crippen molar-refractivity contribution < 1.29 is 0 Å². The van der Waals surface area contributed by atoms with Crippen molar-refractivity contribution in [1.29, 1.82) is 0 Å². The van der Waals surface area contributed by atoms with E-state index in [-0.39, 0.29) is 5.95 Å². The maximum atomic E-state index is 5.56. The van der Waals surface area contributed by atoms with Crippen molar-refractivity contribution in [3.05, 3.63) is 6.33 Å². The molecule has 0 spiro atoms. The molecular formula is C9H14N6. The number of nitrogen functional groups attached to an aromatic ring is 2. The Kier molecular flexibility index (Phi) is 2.40. The van der Waals surface area contributed by atoms with Gasteiger partial charge in [0.1, 0.15) is 5.52 Å². The van der Waals surface area contributed by atoms with E-state index in [0.29, 0.717) is 17.0 Å². The summed E-state index contributed by atoms with van der Waals surface area (Å²) in [5.74, 6) is 0.488. The van der Waals surface area contributed by atoms with E-state index in [1.807, 2.05) is 7.05 Å². The molecule has 1 aliphatic carbocycles. The summed E-state index contributed by atoms with van der Waals surface area (Å²) in [7, 11) is 1.82. The zero-order valence-corrected chi connectivity index (χ0v) is 8.64. The Hall–Kier alpha value is -1.85. The first-order chi connectivity index (χ1) is 7.18. The molecule has 15 heavy (non-hydrogen) atoms. The van der Waals surface area contributed by atoms with Crippen LogP contribution in [0.2, 0.25) is 0 Å². The number of anilines is 2. The van der Waals surface area contributed by atoms with Gasteiger partial charge in [-0.3, -0.25) is 0 Å². The summed E-state index contributed by atoms with van der Waals surface area (Å²) < 4.78 is 1.74. The molecule has 6 heteroatoms. The van der Waals surface area contributed by atoms with Crippen molar-refractivity contribution in [2.24, 2.45) is 7.05 Å². The number of rotatable bonds is 0. The quantitative estimate of drug-likeness (QED) is 0.661. The minimum absolute atomic E-state index is 0.170. The molecule has 6 nitrogen and oxygen atoms in total. The zero-order valence-electron chi connectivity index (χ0n) is 8.64. The van der Waals surface area contributed by atoms with Gasteiger partial charge in [0.25, 0.3) is 0 Å². The molecule has 2 aromatic rings. The van der Waals surface area contributed by atoms with E-state index in [9.17, 15) is 0 Å². The van der Waals surface area contributed by atoms with Crippen molar-refractivity contribution in [2.45, 2.75) is 19.3 Å². The van der Waals surface area contributed by atoms with E-state index in [0.717, 1.165) is 0 Å². The molecule has 80 valence electrons. The smallest absolute Gasteiger partial charge is 0.224 e. The van der Waals surface area contributed by atoms with Gasteiger partial charge in [-0.15, -0.1) is 0 Å². The van der Waals surface area contributed by atoms with Crippen molar-refractivity contribution in [3.63, 3.8) is 0 Å². The number of aromatic nitrogens is 4. The predicted molar refractivity (Wildman–Crippen MR) is 59.0 cm³/mol. The highest BCUT2D eigenvalue weighted by Crippen LogP contribution is 2.15. The standard InChI is InChI=1S/C6H8N6.C3H6/c1-12-2-9-3-4(7)10-6(8)11-5(3)12;1-2-3-1/h2H,1H3,(H4,7,8,10,11);1-3H2. The van der Waals surface area contributed by atoms with Gasteiger partial charge < -0.3 is 16.0 Å². The lowest BCUT2D eigenvalue weighted by Crippen LogP contribution is -2.01. The molecule has 0 unspecified atom stereocenters. The summed E-state index contributed by atoms with van der Waals surface area (Å²) in [6.45, 7) is 0. The van der Waals surface area contributed by atoms with Crippen LogP contribution < -0.4 is 11.5 Å². The molecule has 1 fully saturated rings. The Morgan fingerprint density at radius 3 is 2.47 bits per heavy atom. The minimum atomic E-state index is 0.170. The monoisotopic (exact) mass is 206 g/mol. The lowest BCUT2D eigenvalue weighted by Gasteiger charge is -1.96. The third-order valence-electron chi connectivity index (χ3n) is 1.96. The van der Waals surface area contributed by atoms with Gasteiger partial charge in [0, 0.05) is 7.05 Å². The van der Waals surface area contributed by atoms with E-state index in [1.54, 1.807) is 10.9 Å². The number of hydrogen-bond donors (Lipinski definition) is 2. The van der Waals surface area contributed by atoms with Crippen LogP contribution in [-0.4, -0.2) is 19.5 Å². The molecule has 2 heterocycles. The highest BCUT2D eigenvalue weighted by atomic mass is 15.1. The fourth-order valence-corrected chi connectivity index (χ4v) is 1.05. The Balaban J connectivity index is 0.000000244. The number of nitrogens with zero attached hydrogens (tertiary/aromatic N) is 4. The average molecular weight is 206 g/mol. The number of hydrogen-bond acceptors (Lipinski definition) is 5. The predicted octanol–water partition coefficient (Wildman–Crippen LogP) is 0.698. The van der Waals surface area contributed by atoms with Gasteiger partial charge in [0.2, 0.25) is 5.95 Å².